The molecule has 15 heteroatoms. The van der Waals surface area contributed by atoms with E-state index in [1.54, 1.807) is 32.0 Å². The van der Waals surface area contributed by atoms with Crippen molar-refractivity contribution < 1.29 is 52.3 Å². The molecule has 5 atom stereocenters. The van der Waals surface area contributed by atoms with Crippen molar-refractivity contribution in [1.29, 1.82) is 0 Å². The first-order chi connectivity index (χ1) is 31.5. The number of epoxide rings is 1. The van der Waals surface area contributed by atoms with Gasteiger partial charge in [-0.05, 0) is 73.8 Å². The monoisotopic (exact) mass is 910 g/mol. The third kappa shape index (κ3) is 15.4. The van der Waals surface area contributed by atoms with E-state index >= 15 is 0 Å². The first-order valence-corrected chi connectivity index (χ1v) is 23.2. The normalized spacial score (nSPS) is 18.2. The molecule has 0 radical (unpaired) electrons. The van der Waals surface area contributed by atoms with E-state index in [0.29, 0.717) is 52.0 Å². The van der Waals surface area contributed by atoms with Crippen LogP contribution in [-0.4, -0.2) is 115 Å². The van der Waals surface area contributed by atoms with E-state index in [9.17, 15) is 33.6 Å². The number of aldehydes is 1. The lowest BCUT2D eigenvalue weighted by molar-refractivity contribution is -0.940. The highest BCUT2D eigenvalue weighted by Gasteiger charge is 2.50. The molecular weight excluding hydrogens is 843 g/mol. The molecule has 66 heavy (non-hydrogen) atoms. The van der Waals surface area contributed by atoms with Crippen LogP contribution in [0.4, 0.5) is 0 Å². The molecule has 15 nitrogen and oxygen atoms in total. The van der Waals surface area contributed by atoms with E-state index in [-0.39, 0.29) is 78.2 Å². The first kappa shape index (κ1) is 51.2. The number of Topliss-reactive ketones (excluding diaryl/α,β-unsaturated/α-hetero) is 1. The topological polar surface area (TPSA) is 199 Å². The number of carbonyl (C=O) groups excluding carboxylic acids is 7. The highest BCUT2D eigenvalue weighted by Crippen LogP contribution is 2.30. The van der Waals surface area contributed by atoms with Gasteiger partial charge in [-0.15, -0.1) is 0 Å². The summed E-state index contributed by atoms with van der Waals surface area (Å²) in [5.74, 6) is -2.52. The SMILES string of the molecule is CCC(=O)Oc1ccc(C[N+]2(CC(=O)NC(CCc3ccccc3)C(=O)NC(CC(C)C)C(=O)NC(Cc3ccccc3)C(=O)NC(CC(C)C)C(=O)[C@@]3(C)CO3)CCOCC2)cc1C=O. The van der Waals surface area contributed by atoms with E-state index in [1.807, 2.05) is 88.4 Å². The molecule has 4 N–H and O–H groups in total. The van der Waals surface area contributed by atoms with Crippen LogP contribution in [-0.2, 0) is 57.6 Å². The number of nitrogens with zero attached hydrogens (tertiary/aromatic N) is 1. The largest absolute Gasteiger partial charge is 0.426 e. The van der Waals surface area contributed by atoms with Gasteiger partial charge in [-0.3, -0.25) is 33.6 Å². The Kier molecular flexibility index (Phi) is 18.7. The Morgan fingerprint density at radius 2 is 1.29 bits per heavy atom. The predicted octanol–water partition coefficient (Wildman–Crippen LogP) is 4.43. The maximum absolute atomic E-state index is 14.5. The molecule has 5 rings (SSSR count). The standard InChI is InChI=1S/C51H67N5O10/c1-7-46(59)66-44-21-19-38(28-39(44)32-57)30-56(22-24-64-25-23-56)31-45(58)52-40(20-18-36-14-10-8-11-15-36)48(61)54-42(27-35(4)5)49(62)55-43(29-37-16-12-9-13-17-37)50(63)53-41(26-34(2)3)47(60)51(6)33-65-51/h8-17,19,21,28,32,34-35,40-43H,7,18,20,22-27,29-31,33H2,1-6H3,(H3-,52,53,54,55,58,61,62,63)/p+1/t40?,41?,42?,43?,51-/m1/s1. The molecule has 356 valence electrons. The van der Waals surface area contributed by atoms with Crippen molar-refractivity contribution >= 4 is 41.7 Å². The fourth-order valence-electron chi connectivity index (χ4n) is 8.24. The van der Waals surface area contributed by atoms with Crippen LogP contribution < -0.4 is 26.0 Å². The molecule has 0 saturated carbocycles. The highest BCUT2D eigenvalue weighted by molar-refractivity contribution is 5.99. The number of nitrogens with one attached hydrogen (secondary N) is 4. The summed E-state index contributed by atoms with van der Waals surface area (Å²) in [5, 5.41) is 11.8. The molecular formula is C51H68N5O10+. The predicted molar refractivity (Wildman–Crippen MR) is 248 cm³/mol. The van der Waals surface area contributed by atoms with E-state index < -0.39 is 53.5 Å². The molecule has 2 saturated heterocycles. The average Bonchev–Trinajstić information content (AvgIpc) is 4.05. The maximum atomic E-state index is 14.5. The molecule has 4 amide bonds. The zero-order valence-corrected chi connectivity index (χ0v) is 39.3. The lowest BCUT2D eigenvalue weighted by atomic mass is 9.93. The summed E-state index contributed by atoms with van der Waals surface area (Å²) in [6.07, 6.45) is 2.22. The van der Waals surface area contributed by atoms with Crippen molar-refractivity contribution in [1.82, 2.24) is 21.3 Å². The van der Waals surface area contributed by atoms with Gasteiger partial charge >= 0.3 is 5.97 Å². The summed E-state index contributed by atoms with van der Waals surface area (Å²) in [4.78, 5) is 94.7. The van der Waals surface area contributed by atoms with Crippen LogP contribution in [0.2, 0.25) is 0 Å². The van der Waals surface area contributed by atoms with Gasteiger partial charge < -0.3 is 40.0 Å². The number of esters is 1. The molecule has 3 aromatic carbocycles. The van der Waals surface area contributed by atoms with E-state index in [4.69, 9.17) is 14.2 Å². The van der Waals surface area contributed by atoms with Crippen molar-refractivity contribution in [2.45, 2.75) is 116 Å². The summed E-state index contributed by atoms with van der Waals surface area (Å²) >= 11 is 0. The van der Waals surface area contributed by atoms with Crippen LogP contribution in [0, 0.1) is 11.8 Å². The molecule has 0 spiro atoms. The average molecular weight is 911 g/mol. The van der Waals surface area contributed by atoms with Gasteiger partial charge in [0.1, 0.15) is 49.1 Å². The molecule has 2 aliphatic rings. The third-order valence-electron chi connectivity index (χ3n) is 12.0. The Labute approximate surface area is 388 Å². The van der Waals surface area contributed by atoms with Crippen molar-refractivity contribution in [2.75, 3.05) is 39.5 Å². The number of carbonyl (C=O) groups is 7. The number of hydrogen-bond acceptors (Lipinski definition) is 10. The molecule has 0 aromatic heterocycles. The van der Waals surface area contributed by atoms with E-state index in [2.05, 4.69) is 21.3 Å². The lowest BCUT2D eigenvalue weighted by Crippen LogP contribution is -2.61. The second-order valence-corrected chi connectivity index (χ2v) is 18.7. The summed E-state index contributed by atoms with van der Waals surface area (Å²) < 4.78 is 16.8. The Morgan fingerprint density at radius 1 is 0.727 bits per heavy atom. The first-order valence-electron chi connectivity index (χ1n) is 23.2. The van der Waals surface area contributed by atoms with Crippen LogP contribution >= 0.6 is 0 Å². The van der Waals surface area contributed by atoms with Gasteiger partial charge in [0.05, 0.1) is 31.4 Å². The number of aryl methyl sites for hydroxylation is 1. The van der Waals surface area contributed by atoms with Crippen LogP contribution in [0.3, 0.4) is 0 Å². The molecule has 3 aromatic rings. The van der Waals surface area contributed by atoms with Gasteiger partial charge in [0.15, 0.2) is 18.6 Å². The van der Waals surface area contributed by atoms with Gasteiger partial charge in [-0.2, -0.15) is 0 Å². The lowest BCUT2D eigenvalue weighted by Gasteiger charge is -2.41. The second-order valence-electron chi connectivity index (χ2n) is 18.7. The van der Waals surface area contributed by atoms with Gasteiger partial charge in [-0.1, -0.05) is 95.3 Å². The van der Waals surface area contributed by atoms with Crippen LogP contribution in [0.25, 0.3) is 0 Å². The highest BCUT2D eigenvalue weighted by atomic mass is 16.6. The van der Waals surface area contributed by atoms with Crippen molar-refractivity contribution in [3.8, 4) is 5.75 Å². The van der Waals surface area contributed by atoms with Crippen molar-refractivity contribution in [2.24, 2.45) is 11.8 Å². The molecule has 4 unspecified atom stereocenters. The summed E-state index contributed by atoms with van der Waals surface area (Å²) in [6.45, 7) is 13.6. The quantitative estimate of drug-likeness (QED) is 0.0310. The Hall–Kier alpha value is -5.77. The Morgan fingerprint density at radius 3 is 1.88 bits per heavy atom. The van der Waals surface area contributed by atoms with Gasteiger partial charge in [-0.25, -0.2) is 0 Å². The van der Waals surface area contributed by atoms with Gasteiger partial charge in [0.25, 0.3) is 5.91 Å². The zero-order valence-electron chi connectivity index (χ0n) is 39.3. The van der Waals surface area contributed by atoms with E-state index in [0.717, 1.165) is 16.7 Å². The molecule has 2 heterocycles. The molecule has 0 aliphatic carbocycles. The number of ketones is 1. The fourth-order valence-corrected chi connectivity index (χ4v) is 8.24. The molecule has 2 fully saturated rings. The minimum atomic E-state index is -1.09. The summed E-state index contributed by atoms with van der Waals surface area (Å²) in [5.41, 5.74) is 1.77. The number of ether oxygens (including phenoxy) is 3. The number of rotatable bonds is 25. The van der Waals surface area contributed by atoms with Crippen LogP contribution in [0.15, 0.2) is 78.9 Å². The Balaban J connectivity index is 1.36. The number of amides is 4. The molecule has 0 bridgehead atoms. The third-order valence-corrected chi connectivity index (χ3v) is 12.0. The smallest absolute Gasteiger partial charge is 0.310 e. The number of morpholine rings is 1. The van der Waals surface area contributed by atoms with Gasteiger partial charge in [0, 0.05) is 18.4 Å². The fraction of sp³-hybridized carbons (Fsp3) is 0.510. The summed E-state index contributed by atoms with van der Waals surface area (Å²) in [6, 6.07) is 19.8. The van der Waals surface area contributed by atoms with Crippen LogP contribution in [0.5, 0.6) is 5.75 Å². The van der Waals surface area contributed by atoms with Crippen LogP contribution in [0.1, 0.15) is 94.3 Å². The Bertz CT molecular complexity index is 2140. The van der Waals surface area contributed by atoms with Crippen molar-refractivity contribution in [3.05, 3.63) is 101 Å². The minimum absolute atomic E-state index is 0.000754. The summed E-state index contributed by atoms with van der Waals surface area (Å²) in [7, 11) is 0. The number of hydrogen-bond donors (Lipinski definition) is 4. The zero-order chi connectivity index (χ0) is 47.9. The second kappa shape index (κ2) is 24.1. The number of quaternary nitrogens is 1. The maximum Gasteiger partial charge on any atom is 0.310 e. The van der Waals surface area contributed by atoms with Gasteiger partial charge in [0.2, 0.25) is 17.7 Å². The van der Waals surface area contributed by atoms with E-state index in [1.165, 1.54) is 0 Å². The molecule has 2 aliphatic heterocycles. The van der Waals surface area contributed by atoms with Crippen molar-refractivity contribution in [3.63, 3.8) is 0 Å². The minimum Gasteiger partial charge on any atom is -0.426 e. The number of benzene rings is 3.